The molecule has 3 aliphatic rings. The van der Waals surface area contributed by atoms with E-state index in [-0.39, 0.29) is 12.0 Å². The summed E-state index contributed by atoms with van der Waals surface area (Å²) in [4.78, 5) is 12.3. The third-order valence-electron chi connectivity index (χ3n) is 5.01. The maximum atomic E-state index is 12.3. The smallest absolute Gasteiger partial charge is 0.228 e. The van der Waals surface area contributed by atoms with Crippen molar-refractivity contribution < 1.29 is 9.53 Å². The predicted octanol–water partition coefficient (Wildman–Crippen LogP) is 3.88. The molecule has 114 valence electrons. The molecule has 1 fully saturated rings. The fraction of sp³-hybridized carbons (Fsp3) is 0.250. The Balaban J connectivity index is 1.72. The number of carbonyl (C=O) groups is 1. The summed E-state index contributed by atoms with van der Waals surface area (Å²) in [6.45, 7) is 2.91. The third-order valence-corrected chi connectivity index (χ3v) is 5.01. The van der Waals surface area contributed by atoms with Gasteiger partial charge < -0.3 is 10.1 Å². The van der Waals surface area contributed by atoms with Crippen molar-refractivity contribution >= 4 is 22.7 Å². The quantitative estimate of drug-likeness (QED) is 0.812. The van der Waals surface area contributed by atoms with Crippen LogP contribution < -0.4 is 5.32 Å². The van der Waals surface area contributed by atoms with Crippen LogP contribution in [0.4, 0.5) is 5.69 Å². The van der Waals surface area contributed by atoms with Crippen LogP contribution in [0.2, 0.25) is 0 Å². The summed E-state index contributed by atoms with van der Waals surface area (Å²) in [5.74, 6) is 0.0704. The van der Waals surface area contributed by atoms with Crippen molar-refractivity contribution in [3.8, 4) is 0 Å². The summed E-state index contributed by atoms with van der Waals surface area (Å²) in [6.07, 6.45) is 1.59. The molecular weight excluding hydrogens is 286 g/mol. The molecule has 0 saturated carbocycles. The lowest BCUT2D eigenvalue weighted by molar-refractivity contribution is -0.115. The molecule has 5 rings (SSSR count). The number of carbonyl (C=O) groups excluding carboxylic acids is 1. The number of benzene rings is 2. The average Bonchev–Trinajstić information content (AvgIpc) is 3.33. The maximum absolute atomic E-state index is 12.3. The van der Waals surface area contributed by atoms with Gasteiger partial charge in [-0.15, -0.1) is 0 Å². The molecule has 23 heavy (non-hydrogen) atoms. The second-order valence-corrected chi connectivity index (χ2v) is 6.65. The predicted molar refractivity (Wildman–Crippen MR) is 90.1 cm³/mol. The van der Waals surface area contributed by atoms with E-state index in [9.17, 15) is 4.79 Å². The van der Waals surface area contributed by atoms with Crippen molar-refractivity contribution in [2.24, 2.45) is 0 Å². The van der Waals surface area contributed by atoms with Crippen LogP contribution in [0, 0.1) is 6.92 Å². The van der Waals surface area contributed by atoms with E-state index in [1.54, 1.807) is 0 Å². The Morgan fingerprint density at radius 2 is 1.87 bits per heavy atom. The van der Waals surface area contributed by atoms with Gasteiger partial charge in [0.2, 0.25) is 5.91 Å². The summed E-state index contributed by atoms with van der Waals surface area (Å²) in [6, 6.07) is 12.9. The van der Waals surface area contributed by atoms with E-state index in [4.69, 9.17) is 4.74 Å². The molecule has 0 aromatic heterocycles. The average molecular weight is 303 g/mol. The first-order valence-electron chi connectivity index (χ1n) is 8.07. The van der Waals surface area contributed by atoms with Crippen molar-refractivity contribution in [1.82, 2.24) is 0 Å². The molecule has 0 radical (unpaired) electrons. The zero-order valence-corrected chi connectivity index (χ0v) is 13.0. The Labute approximate surface area is 135 Å². The Bertz CT molecular complexity index is 891. The van der Waals surface area contributed by atoms with Gasteiger partial charge in [-0.2, -0.15) is 0 Å². The summed E-state index contributed by atoms with van der Waals surface area (Å²) < 4.78 is 5.42. The topological polar surface area (TPSA) is 41.6 Å². The highest BCUT2D eigenvalue weighted by Gasteiger charge is 2.31. The van der Waals surface area contributed by atoms with Crippen LogP contribution >= 0.6 is 0 Å². The molecule has 0 spiro atoms. The van der Waals surface area contributed by atoms with Gasteiger partial charge in [-0.1, -0.05) is 29.8 Å². The molecule has 1 unspecified atom stereocenters. The van der Waals surface area contributed by atoms with E-state index in [1.165, 1.54) is 33.4 Å². The van der Waals surface area contributed by atoms with Crippen molar-refractivity contribution in [2.75, 3.05) is 11.9 Å². The van der Waals surface area contributed by atoms with Crippen LogP contribution in [0.1, 0.15) is 40.3 Å². The van der Waals surface area contributed by atoms with Gasteiger partial charge in [0.15, 0.2) is 0 Å². The zero-order valence-electron chi connectivity index (χ0n) is 13.0. The second-order valence-electron chi connectivity index (χ2n) is 6.65. The van der Waals surface area contributed by atoms with E-state index in [2.05, 4.69) is 42.6 Å². The Morgan fingerprint density at radius 1 is 1.04 bits per heavy atom. The van der Waals surface area contributed by atoms with Gasteiger partial charge in [0.05, 0.1) is 13.0 Å². The molecule has 3 heteroatoms. The first-order valence-corrected chi connectivity index (χ1v) is 8.07. The molecular formula is C20H17NO2. The van der Waals surface area contributed by atoms with E-state index in [0.717, 1.165) is 24.3 Å². The van der Waals surface area contributed by atoms with Crippen molar-refractivity contribution in [2.45, 2.75) is 25.9 Å². The lowest BCUT2D eigenvalue weighted by Gasteiger charge is -2.11. The summed E-state index contributed by atoms with van der Waals surface area (Å²) in [5, 5.41) is 3.06. The fourth-order valence-corrected chi connectivity index (χ4v) is 3.76. The van der Waals surface area contributed by atoms with Crippen molar-refractivity contribution in [1.29, 1.82) is 0 Å². The number of epoxide rings is 1. The number of aryl methyl sites for hydroxylation is 1. The van der Waals surface area contributed by atoms with E-state index >= 15 is 0 Å². The zero-order chi connectivity index (χ0) is 15.6. The summed E-state index contributed by atoms with van der Waals surface area (Å²) in [7, 11) is 0. The third kappa shape index (κ3) is 2.04. The minimum absolute atomic E-state index is 0.0704. The summed E-state index contributed by atoms with van der Waals surface area (Å²) in [5.41, 5.74) is 9.59. The van der Waals surface area contributed by atoms with E-state index in [1.807, 2.05) is 6.07 Å². The summed E-state index contributed by atoms with van der Waals surface area (Å²) >= 11 is 0. The molecule has 2 aromatic rings. The van der Waals surface area contributed by atoms with Crippen LogP contribution in [0.15, 0.2) is 36.4 Å². The van der Waals surface area contributed by atoms with E-state index in [0.29, 0.717) is 6.42 Å². The van der Waals surface area contributed by atoms with Crippen LogP contribution in [-0.2, 0) is 16.0 Å². The molecule has 1 N–H and O–H groups in total. The van der Waals surface area contributed by atoms with Crippen molar-refractivity contribution in [3.63, 3.8) is 0 Å². The number of amides is 1. The molecule has 2 aromatic carbocycles. The molecule has 3 nitrogen and oxygen atoms in total. The minimum Gasteiger partial charge on any atom is -0.368 e. The molecule has 1 saturated heterocycles. The van der Waals surface area contributed by atoms with Crippen LogP contribution in [0.25, 0.3) is 11.1 Å². The fourth-order valence-electron chi connectivity index (χ4n) is 3.76. The van der Waals surface area contributed by atoms with Gasteiger partial charge in [0, 0.05) is 11.3 Å². The number of ether oxygens (including phenoxy) is 1. The standard InChI is InChI=1S/C20H17NO2/c1-11-2-3-12-7-15-16(14(12)6-11)9-20(22)21-18-5-4-13(8-17(15)18)19-10-23-19/h2-6,8,19H,7,9-10H2,1H3,(H,21,22). The highest BCUT2D eigenvalue weighted by Crippen LogP contribution is 2.45. The largest absolute Gasteiger partial charge is 0.368 e. The Kier molecular flexibility index (Phi) is 2.59. The van der Waals surface area contributed by atoms with E-state index < -0.39 is 0 Å². The van der Waals surface area contributed by atoms with Crippen LogP contribution in [0.5, 0.6) is 0 Å². The lowest BCUT2D eigenvalue weighted by atomic mass is 9.96. The lowest BCUT2D eigenvalue weighted by Crippen LogP contribution is -2.11. The maximum Gasteiger partial charge on any atom is 0.228 e. The molecule has 2 aliphatic heterocycles. The van der Waals surface area contributed by atoms with Gasteiger partial charge in [-0.25, -0.2) is 0 Å². The van der Waals surface area contributed by atoms with Gasteiger partial charge in [-0.05, 0) is 53.3 Å². The highest BCUT2D eigenvalue weighted by molar-refractivity contribution is 6.12. The number of hydrogen-bond donors (Lipinski definition) is 1. The Hall–Kier alpha value is -2.39. The first kappa shape index (κ1) is 13.1. The van der Waals surface area contributed by atoms with Gasteiger partial charge in [-0.3, -0.25) is 4.79 Å². The molecule has 1 amide bonds. The molecule has 2 heterocycles. The van der Waals surface area contributed by atoms with Gasteiger partial charge in [0.1, 0.15) is 6.10 Å². The molecule has 1 atom stereocenters. The first-order chi connectivity index (χ1) is 11.2. The number of rotatable bonds is 1. The number of fused-ring (bicyclic) bond motifs is 4. The molecule has 0 bridgehead atoms. The molecule has 1 aliphatic carbocycles. The van der Waals surface area contributed by atoms with Gasteiger partial charge >= 0.3 is 0 Å². The van der Waals surface area contributed by atoms with Crippen LogP contribution in [-0.4, -0.2) is 12.5 Å². The SMILES string of the molecule is Cc1ccc2c(c1)C1=C(C2)c2cc(C3CO3)ccc2NC(=O)C1. The number of allylic oxidation sites excluding steroid dienone is 1. The monoisotopic (exact) mass is 303 g/mol. The minimum atomic E-state index is 0.0704. The van der Waals surface area contributed by atoms with Crippen molar-refractivity contribution in [3.05, 3.63) is 64.2 Å². The second kappa shape index (κ2) is 4.56. The highest BCUT2D eigenvalue weighted by atomic mass is 16.6. The number of hydrogen-bond acceptors (Lipinski definition) is 2. The Morgan fingerprint density at radius 3 is 2.70 bits per heavy atom. The van der Waals surface area contributed by atoms with Gasteiger partial charge in [0.25, 0.3) is 0 Å². The van der Waals surface area contributed by atoms with Crippen LogP contribution in [0.3, 0.4) is 0 Å². The number of nitrogens with one attached hydrogen (secondary N) is 1. The number of anilines is 1. The normalized spacial score (nSPS) is 21.3.